The Bertz CT molecular complexity index is 704. The van der Waals surface area contributed by atoms with E-state index in [1.165, 1.54) is 10.3 Å². The average molecular weight is 295 g/mol. The van der Waals surface area contributed by atoms with Crippen molar-refractivity contribution < 1.29 is 9.48 Å². The second kappa shape index (κ2) is 5.48. The van der Waals surface area contributed by atoms with Crippen molar-refractivity contribution >= 4 is 5.71 Å². The largest absolute Gasteiger partial charge is 0.623 e. The molecule has 0 saturated heterocycles. The molecule has 0 radical (unpaired) electrons. The van der Waals surface area contributed by atoms with E-state index < -0.39 is 5.54 Å². The Morgan fingerprint density at radius 2 is 1.68 bits per heavy atom. The molecule has 2 aromatic carbocycles. The van der Waals surface area contributed by atoms with Gasteiger partial charge in [-0.3, -0.25) is 0 Å². The smallest absolute Gasteiger partial charge is 0.199 e. The quantitative estimate of drug-likeness (QED) is 0.634. The van der Waals surface area contributed by atoms with Gasteiger partial charge in [-0.1, -0.05) is 42.5 Å². The van der Waals surface area contributed by atoms with E-state index in [4.69, 9.17) is 4.74 Å². The minimum atomic E-state index is -0.475. The van der Waals surface area contributed by atoms with Gasteiger partial charge in [0.25, 0.3) is 0 Å². The van der Waals surface area contributed by atoms with Crippen molar-refractivity contribution in [2.75, 3.05) is 7.11 Å². The maximum absolute atomic E-state index is 12.9. The third-order valence-electron chi connectivity index (χ3n) is 4.64. The molecule has 1 aliphatic rings. The summed E-state index contributed by atoms with van der Waals surface area (Å²) < 4.78 is 6.60. The van der Waals surface area contributed by atoms with Crippen LogP contribution < -0.4 is 4.74 Å². The number of para-hydroxylation sites is 1. The van der Waals surface area contributed by atoms with Crippen molar-refractivity contribution in [2.45, 2.75) is 31.7 Å². The molecule has 1 heterocycles. The summed E-state index contributed by atoms with van der Waals surface area (Å²) in [6.45, 7) is 4.03. The van der Waals surface area contributed by atoms with Gasteiger partial charge in [0.1, 0.15) is 5.75 Å². The highest BCUT2D eigenvalue weighted by atomic mass is 16.5. The van der Waals surface area contributed by atoms with E-state index in [0.717, 1.165) is 23.4 Å². The van der Waals surface area contributed by atoms with Crippen LogP contribution in [0.4, 0.5) is 0 Å². The highest BCUT2D eigenvalue weighted by Gasteiger charge is 2.47. The van der Waals surface area contributed by atoms with Gasteiger partial charge < -0.3 is 9.94 Å². The van der Waals surface area contributed by atoms with E-state index in [2.05, 4.69) is 12.1 Å². The van der Waals surface area contributed by atoms with Crippen molar-refractivity contribution in [1.82, 2.24) is 0 Å². The first-order valence-corrected chi connectivity index (χ1v) is 7.57. The molecule has 0 saturated carbocycles. The van der Waals surface area contributed by atoms with Crippen LogP contribution >= 0.6 is 0 Å². The van der Waals surface area contributed by atoms with Gasteiger partial charge in [0.05, 0.1) is 18.6 Å². The number of nitrogens with zero attached hydrogens (tertiary/aromatic N) is 1. The summed E-state index contributed by atoms with van der Waals surface area (Å²) in [6, 6.07) is 18.0. The Morgan fingerprint density at radius 1 is 1.05 bits per heavy atom. The van der Waals surface area contributed by atoms with Gasteiger partial charge in [-0.15, -0.1) is 0 Å². The minimum absolute atomic E-state index is 0.172. The van der Waals surface area contributed by atoms with Crippen LogP contribution in [0.1, 0.15) is 37.3 Å². The lowest BCUT2D eigenvalue weighted by Gasteiger charge is -2.26. The van der Waals surface area contributed by atoms with Gasteiger partial charge in [0.15, 0.2) is 11.3 Å². The molecule has 3 nitrogen and oxygen atoms in total. The van der Waals surface area contributed by atoms with Crippen LogP contribution in [0, 0.1) is 5.21 Å². The summed E-state index contributed by atoms with van der Waals surface area (Å²) in [5.41, 5.74) is 2.43. The number of methoxy groups -OCH3 is 1. The summed E-state index contributed by atoms with van der Waals surface area (Å²) in [6.07, 6.45) is 0.723. The fourth-order valence-corrected chi connectivity index (χ4v) is 3.33. The fourth-order valence-electron chi connectivity index (χ4n) is 3.33. The molecule has 1 atom stereocenters. The average Bonchev–Trinajstić information content (AvgIpc) is 2.79. The molecule has 0 bridgehead atoms. The van der Waals surface area contributed by atoms with Crippen LogP contribution in [0.25, 0.3) is 0 Å². The van der Waals surface area contributed by atoms with Crippen LogP contribution in [0.5, 0.6) is 5.75 Å². The lowest BCUT2D eigenvalue weighted by molar-refractivity contribution is -0.534. The summed E-state index contributed by atoms with van der Waals surface area (Å²) >= 11 is 0. The van der Waals surface area contributed by atoms with Gasteiger partial charge in [-0.2, -0.15) is 0 Å². The second-order valence-electron chi connectivity index (χ2n) is 6.26. The molecule has 1 unspecified atom stereocenters. The molecule has 22 heavy (non-hydrogen) atoms. The van der Waals surface area contributed by atoms with Crippen molar-refractivity contribution in [3.05, 3.63) is 70.9 Å². The molecule has 3 rings (SSSR count). The Kier molecular flexibility index (Phi) is 3.65. The number of hydrogen-bond acceptors (Lipinski definition) is 2. The summed E-state index contributed by atoms with van der Waals surface area (Å²) in [7, 11) is 1.64. The normalized spacial score (nSPS) is 20.2. The van der Waals surface area contributed by atoms with Gasteiger partial charge in [0, 0.05) is 20.3 Å². The van der Waals surface area contributed by atoms with Crippen molar-refractivity contribution in [3.8, 4) is 5.75 Å². The lowest BCUT2D eigenvalue weighted by Crippen LogP contribution is -2.34. The Balaban J connectivity index is 2.05. The maximum Gasteiger partial charge on any atom is 0.199 e. The third kappa shape index (κ3) is 2.27. The molecule has 0 aliphatic carbocycles. The predicted octanol–water partition coefficient (Wildman–Crippen LogP) is 3.96. The Labute approximate surface area is 131 Å². The van der Waals surface area contributed by atoms with E-state index in [9.17, 15) is 5.21 Å². The number of rotatable bonds is 3. The topological polar surface area (TPSA) is 35.3 Å². The number of ether oxygens (including phenoxy) is 1. The standard InChI is InChI=1S/C19H21NO2/c1-19(2)16(14-9-5-4-6-10-14)13-17(20(19)21)15-11-7-8-12-18(15)22-3/h4-12,16H,13H2,1-3H3. The first-order valence-electron chi connectivity index (χ1n) is 7.57. The van der Waals surface area contributed by atoms with Gasteiger partial charge in [-0.25, -0.2) is 4.74 Å². The summed E-state index contributed by atoms with van der Waals surface area (Å²) in [5, 5.41) is 12.9. The summed E-state index contributed by atoms with van der Waals surface area (Å²) in [5.74, 6) is 0.925. The lowest BCUT2D eigenvalue weighted by atomic mass is 9.81. The third-order valence-corrected chi connectivity index (χ3v) is 4.64. The van der Waals surface area contributed by atoms with Gasteiger partial charge in [0.2, 0.25) is 0 Å². The molecular formula is C19H21NO2. The molecule has 0 aromatic heterocycles. The molecule has 0 N–H and O–H groups in total. The first-order chi connectivity index (χ1) is 10.6. The zero-order valence-corrected chi connectivity index (χ0v) is 13.2. The zero-order chi connectivity index (χ0) is 15.7. The SMILES string of the molecule is COc1ccccc1C1=[N+]([O-])C(C)(C)C(c2ccccc2)C1. The van der Waals surface area contributed by atoms with Crippen LogP contribution in [-0.4, -0.2) is 23.1 Å². The highest BCUT2D eigenvalue weighted by Crippen LogP contribution is 2.41. The predicted molar refractivity (Wildman–Crippen MR) is 88.6 cm³/mol. The van der Waals surface area contributed by atoms with Crippen LogP contribution in [0.3, 0.4) is 0 Å². The molecule has 3 heteroatoms. The molecule has 114 valence electrons. The van der Waals surface area contributed by atoms with Crippen molar-refractivity contribution in [2.24, 2.45) is 0 Å². The second-order valence-corrected chi connectivity index (χ2v) is 6.26. The number of hydroxylamine groups is 1. The van der Waals surface area contributed by atoms with E-state index >= 15 is 0 Å². The van der Waals surface area contributed by atoms with E-state index in [1.54, 1.807) is 7.11 Å². The minimum Gasteiger partial charge on any atom is -0.623 e. The summed E-state index contributed by atoms with van der Waals surface area (Å²) in [4.78, 5) is 0. The van der Waals surface area contributed by atoms with Crippen molar-refractivity contribution in [3.63, 3.8) is 0 Å². The Hall–Kier alpha value is -2.29. The molecule has 0 amide bonds. The molecular weight excluding hydrogens is 274 g/mol. The van der Waals surface area contributed by atoms with Crippen LogP contribution in [0.2, 0.25) is 0 Å². The van der Waals surface area contributed by atoms with Gasteiger partial charge in [-0.05, 0) is 17.7 Å². The van der Waals surface area contributed by atoms with Gasteiger partial charge >= 0.3 is 0 Å². The molecule has 0 spiro atoms. The number of benzene rings is 2. The molecule has 1 aliphatic heterocycles. The van der Waals surface area contributed by atoms with E-state index in [1.807, 2.05) is 56.3 Å². The zero-order valence-electron chi connectivity index (χ0n) is 13.2. The Morgan fingerprint density at radius 3 is 2.36 bits per heavy atom. The monoisotopic (exact) mass is 295 g/mol. The molecule has 2 aromatic rings. The number of hydrogen-bond donors (Lipinski definition) is 0. The molecule has 0 fully saturated rings. The fraction of sp³-hybridized carbons (Fsp3) is 0.316. The maximum atomic E-state index is 12.9. The first kappa shape index (κ1) is 14.6. The highest BCUT2D eigenvalue weighted by molar-refractivity contribution is 6.01. The van der Waals surface area contributed by atoms with Crippen LogP contribution in [0.15, 0.2) is 54.6 Å². The van der Waals surface area contributed by atoms with Crippen LogP contribution in [-0.2, 0) is 0 Å². The van der Waals surface area contributed by atoms with E-state index in [0.29, 0.717) is 0 Å². The van der Waals surface area contributed by atoms with E-state index in [-0.39, 0.29) is 5.92 Å². The van der Waals surface area contributed by atoms with Crippen molar-refractivity contribution in [1.29, 1.82) is 0 Å².